The van der Waals surface area contributed by atoms with Crippen LogP contribution in [0.5, 0.6) is 0 Å². The first-order valence-electron chi connectivity index (χ1n) is 7.40. The second kappa shape index (κ2) is 8.50. The van der Waals surface area contributed by atoms with Gasteiger partial charge in [0.15, 0.2) is 0 Å². The largest absolute Gasteiger partial charge is 0.340 e. The van der Waals surface area contributed by atoms with E-state index in [1.54, 1.807) is 19.2 Å². The molecule has 23 heavy (non-hydrogen) atoms. The van der Waals surface area contributed by atoms with Gasteiger partial charge in [-0.15, -0.1) is 12.4 Å². The number of carbonyl (C=O) groups is 1. The van der Waals surface area contributed by atoms with Gasteiger partial charge in [0.1, 0.15) is 5.82 Å². The number of hydrogen-bond donors (Lipinski definition) is 3. The third kappa shape index (κ3) is 5.54. The number of benzene rings is 1. The van der Waals surface area contributed by atoms with Crippen LogP contribution in [0.2, 0.25) is 0 Å². The van der Waals surface area contributed by atoms with Crippen molar-refractivity contribution < 1.29 is 4.79 Å². The average Bonchev–Trinajstić information content (AvgIpc) is 2.50. The monoisotopic (exact) mass is 334 g/mol. The molecule has 4 N–H and O–H groups in total. The van der Waals surface area contributed by atoms with E-state index in [4.69, 9.17) is 5.73 Å². The van der Waals surface area contributed by atoms with E-state index in [1.165, 1.54) is 0 Å². The lowest BCUT2D eigenvalue weighted by Gasteiger charge is -2.22. The molecule has 0 aliphatic carbocycles. The molecule has 1 amide bonds. The van der Waals surface area contributed by atoms with Crippen molar-refractivity contribution in [3.8, 4) is 0 Å². The molecule has 1 unspecified atom stereocenters. The fourth-order valence-electron chi connectivity index (χ4n) is 2.12. The Hall–Kier alpha value is -2.11. The molecular weight excluding hydrogens is 312 g/mol. The number of aromatic nitrogens is 1. The number of nitrogens with one attached hydrogen (secondary N) is 2. The van der Waals surface area contributed by atoms with Gasteiger partial charge in [0.2, 0.25) is 5.91 Å². The predicted molar refractivity (Wildman–Crippen MR) is 97.3 cm³/mol. The van der Waals surface area contributed by atoms with E-state index in [2.05, 4.69) is 15.6 Å². The zero-order valence-corrected chi connectivity index (χ0v) is 14.2. The SMILES string of the molecule is CCCC(C)(N)C(=O)Nc1ccc(Nc2ccccc2)nc1.Cl. The highest BCUT2D eigenvalue weighted by atomic mass is 35.5. The van der Waals surface area contributed by atoms with Gasteiger partial charge in [-0.1, -0.05) is 31.5 Å². The molecule has 0 aliphatic heterocycles. The van der Waals surface area contributed by atoms with Crippen molar-refractivity contribution >= 4 is 35.5 Å². The van der Waals surface area contributed by atoms with E-state index in [0.29, 0.717) is 17.9 Å². The van der Waals surface area contributed by atoms with Crippen LogP contribution < -0.4 is 16.4 Å². The standard InChI is InChI=1S/C17H22N4O.ClH/c1-3-11-17(2,18)16(22)21-14-9-10-15(19-12-14)20-13-7-5-4-6-8-13;/h4-10,12H,3,11,18H2,1-2H3,(H,19,20)(H,21,22);1H. The van der Waals surface area contributed by atoms with Crippen molar-refractivity contribution in [2.24, 2.45) is 5.73 Å². The zero-order valence-electron chi connectivity index (χ0n) is 13.4. The van der Waals surface area contributed by atoms with Crippen LogP contribution in [0.25, 0.3) is 0 Å². The molecule has 1 aromatic carbocycles. The molecule has 2 rings (SSSR count). The second-order valence-electron chi connectivity index (χ2n) is 5.54. The van der Waals surface area contributed by atoms with Crippen molar-refractivity contribution in [2.45, 2.75) is 32.2 Å². The summed E-state index contributed by atoms with van der Waals surface area (Å²) in [5, 5.41) is 5.99. The number of carbonyl (C=O) groups excluding carboxylic acids is 1. The fraction of sp³-hybridized carbons (Fsp3) is 0.294. The number of pyridine rings is 1. The number of rotatable bonds is 6. The molecule has 0 radical (unpaired) electrons. The van der Waals surface area contributed by atoms with Crippen LogP contribution in [0.4, 0.5) is 17.2 Å². The van der Waals surface area contributed by atoms with E-state index in [1.807, 2.05) is 43.3 Å². The van der Waals surface area contributed by atoms with Crippen molar-refractivity contribution in [2.75, 3.05) is 10.6 Å². The van der Waals surface area contributed by atoms with Crippen LogP contribution in [0.15, 0.2) is 48.7 Å². The van der Waals surface area contributed by atoms with Gasteiger partial charge in [0.25, 0.3) is 0 Å². The van der Waals surface area contributed by atoms with Crippen LogP contribution in [0, 0.1) is 0 Å². The highest BCUT2D eigenvalue weighted by Gasteiger charge is 2.27. The average molecular weight is 335 g/mol. The highest BCUT2D eigenvalue weighted by Crippen LogP contribution is 2.17. The number of para-hydroxylation sites is 1. The number of anilines is 3. The first-order valence-corrected chi connectivity index (χ1v) is 7.40. The number of nitrogens with zero attached hydrogens (tertiary/aromatic N) is 1. The normalized spacial score (nSPS) is 12.7. The minimum absolute atomic E-state index is 0. The van der Waals surface area contributed by atoms with E-state index in [-0.39, 0.29) is 18.3 Å². The number of nitrogens with two attached hydrogens (primary N) is 1. The van der Waals surface area contributed by atoms with Crippen LogP contribution in [0.3, 0.4) is 0 Å². The maximum atomic E-state index is 12.1. The summed E-state index contributed by atoms with van der Waals surface area (Å²) >= 11 is 0. The van der Waals surface area contributed by atoms with Gasteiger partial charge < -0.3 is 16.4 Å². The lowest BCUT2D eigenvalue weighted by atomic mass is 9.96. The van der Waals surface area contributed by atoms with E-state index in [9.17, 15) is 4.79 Å². The van der Waals surface area contributed by atoms with E-state index in [0.717, 1.165) is 12.1 Å². The topological polar surface area (TPSA) is 80.0 Å². The van der Waals surface area contributed by atoms with Gasteiger partial charge in [0.05, 0.1) is 17.4 Å². The van der Waals surface area contributed by atoms with Crippen molar-refractivity contribution in [3.63, 3.8) is 0 Å². The Bertz CT molecular complexity index is 614. The molecule has 1 atom stereocenters. The maximum absolute atomic E-state index is 12.1. The summed E-state index contributed by atoms with van der Waals surface area (Å²) < 4.78 is 0. The molecule has 0 aliphatic rings. The summed E-state index contributed by atoms with van der Waals surface area (Å²) in [4.78, 5) is 16.4. The molecule has 2 aromatic rings. The molecular formula is C17H23ClN4O. The molecule has 0 saturated heterocycles. The number of hydrogen-bond acceptors (Lipinski definition) is 4. The molecule has 1 aromatic heterocycles. The van der Waals surface area contributed by atoms with Gasteiger partial charge >= 0.3 is 0 Å². The molecule has 0 saturated carbocycles. The van der Waals surface area contributed by atoms with Gasteiger partial charge in [0, 0.05) is 5.69 Å². The zero-order chi connectivity index (χ0) is 16.0. The van der Waals surface area contributed by atoms with Crippen LogP contribution in [-0.2, 0) is 4.79 Å². The molecule has 0 fully saturated rings. The van der Waals surface area contributed by atoms with Crippen LogP contribution >= 0.6 is 12.4 Å². The Kier molecular flexibility index (Phi) is 7.00. The quantitative estimate of drug-likeness (QED) is 0.752. The second-order valence-corrected chi connectivity index (χ2v) is 5.54. The molecule has 6 heteroatoms. The third-order valence-corrected chi connectivity index (χ3v) is 3.36. The number of amides is 1. The summed E-state index contributed by atoms with van der Waals surface area (Å²) in [6, 6.07) is 13.4. The first kappa shape index (κ1) is 18.9. The highest BCUT2D eigenvalue weighted by molar-refractivity contribution is 5.97. The minimum atomic E-state index is -0.865. The van der Waals surface area contributed by atoms with E-state index < -0.39 is 5.54 Å². The molecule has 5 nitrogen and oxygen atoms in total. The Morgan fingerprint density at radius 1 is 1.17 bits per heavy atom. The molecule has 0 spiro atoms. The van der Waals surface area contributed by atoms with Crippen LogP contribution in [-0.4, -0.2) is 16.4 Å². The summed E-state index contributed by atoms with van der Waals surface area (Å²) in [7, 11) is 0. The molecule has 124 valence electrons. The predicted octanol–water partition coefficient (Wildman–Crippen LogP) is 3.70. The Morgan fingerprint density at radius 3 is 2.43 bits per heavy atom. The van der Waals surface area contributed by atoms with Crippen molar-refractivity contribution in [1.82, 2.24) is 4.98 Å². The van der Waals surface area contributed by atoms with Gasteiger partial charge in [-0.3, -0.25) is 4.79 Å². The van der Waals surface area contributed by atoms with Crippen LogP contribution in [0.1, 0.15) is 26.7 Å². The first-order chi connectivity index (χ1) is 10.5. The van der Waals surface area contributed by atoms with Gasteiger partial charge in [-0.2, -0.15) is 0 Å². The molecule has 0 bridgehead atoms. The third-order valence-electron chi connectivity index (χ3n) is 3.36. The van der Waals surface area contributed by atoms with Gasteiger partial charge in [-0.25, -0.2) is 4.98 Å². The van der Waals surface area contributed by atoms with Crippen molar-refractivity contribution in [1.29, 1.82) is 0 Å². The Morgan fingerprint density at radius 2 is 1.87 bits per heavy atom. The Labute approximate surface area is 143 Å². The lowest BCUT2D eigenvalue weighted by molar-refractivity contribution is -0.120. The summed E-state index contributed by atoms with van der Waals surface area (Å²) in [6.45, 7) is 3.74. The molecule has 1 heterocycles. The summed E-state index contributed by atoms with van der Waals surface area (Å²) in [6.07, 6.45) is 3.11. The van der Waals surface area contributed by atoms with Gasteiger partial charge in [-0.05, 0) is 37.6 Å². The number of halogens is 1. The maximum Gasteiger partial charge on any atom is 0.244 e. The minimum Gasteiger partial charge on any atom is -0.340 e. The lowest BCUT2D eigenvalue weighted by Crippen LogP contribution is -2.48. The smallest absolute Gasteiger partial charge is 0.244 e. The van der Waals surface area contributed by atoms with Crippen molar-refractivity contribution in [3.05, 3.63) is 48.7 Å². The summed E-state index contributed by atoms with van der Waals surface area (Å²) in [5.74, 6) is 0.521. The summed E-state index contributed by atoms with van der Waals surface area (Å²) in [5.41, 5.74) is 6.74. The Balaban J connectivity index is 0.00000264. The van der Waals surface area contributed by atoms with E-state index >= 15 is 0 Å². The fourth-order valence-corrected chi connectivity index (χ4v) is 2.12.